The number of halogens is 2. The molecule has 1 aromatic rings. The summed E-state index contributed by atoms with van der Waals surface area (Å²) in [6.45, 7) is 5.60. The molecule has 2 nitrogen and oxygen atoms in total. The minimum Gasteiger partial charge on any atom is -0.387 e. The van der Waals surface area contributed by atoms with Crippen molar-refractivity contribution in [3.63, 3.8) is 0 Å². The number of benzene rings is 1. The highest BCUT2D eigenvalue weighted by Gasteiger charge is 2.17. The molecule has 0 spiro atoms. The Balaban J connectivity index is 2.63. The van der Waals surface area contributed by atoms with Crippen LogP contribution in [0.25, 0.3) is 0 Å². The Morgan fingerprint density at radius 2 is 2.00 bits per heavy atom. The van der Waals surface area contributed by atoms with Crippen molar-refractivity contribution in [1.29, 1.82) is 0 Å². The van der Waals surface area contributed by atoms with Gasteiger partial charge in [-0.2, -0.15) is 0 Å². The van der Waals surface area contributed by atoms with Crippen molar-refractivity contribution in [2.45, 2.75) is 25.5 Å². The van der Waals surface area contributed by atoms with Crippen LogP contribution in [0.3, 0.4) is 0 Å². The van der Waals surface area contributed by atoms with Gasteiger partial charge in [-0.1, -0.05) is 12.1 Å². The fourth-order valence-corrected chi connectivity index (χ4v) is 1.58. The normalized spacial score (nSPS) is 14.4. The first-order chi connectivity index (χ1) is 8.06. The van der Waals surface area contributed by atoms with Gasteiger partial charge in [0.2, 0.25) is 0 Å². The molecule has 94 valence electrons. The molecular formula is C13H17F2NO. The van der Waals surface area contributed by atoms with E-state index in [9.17, 15) is 13.9 Å². The highest BCUT2D eigenvalue weighted by Crippen LogP contribution is 2.20. The van der Waals surface area contributed by atoms with E-state index in [-0.39, 0.29) is 18.2 Å². The monoisotopic (exact) mass is 241 g/mol. The van der Waals surface area contributed by atoms with E-state index in [1.807, 2.05) is 6.92 Å². The Morgan fingerprint density at radius 1 is 1.41 bits per heavy atom. The lowest BCUT2D eigenvalue weighted by atomic mass is 10.1. The lowest BCUT2D eigenvalue weighted by molar-refractivity contribution is 0.161. The molecule has 0 amide bonds. The molecule has 2 atom stereocenters. The largest absolute Gasteiger partial charge is 0.387 e. The van der Waals surface area contributed by atoms with Gasteiger partial charge in [0.25, 0.3) is 0 Å². The molecule has 2 unspecified atom stereocenters. The molecule has 0 fully saturated rings. The van der Waals surface area contributed by atoms with Gasteiger partial charge in [-0.05, 0) is 25.5 Å². The third-order valence-corrected chi connectivity index (χ3v) is 2.51. The summed E-state index contributed by atoms with van der Waals surface area (Å²) in [6.07, 6.45) is 1.28. The molecule has 0 aliphatic rings. The van der Waals surface area contributed by atoms with Gasteiger partial charge < -0.3 is 10.4 Å². The van der Waals surface area contributed by atoms with Gasteiger partial charge >= 0.3 is 0 Å². The first kappa shape index (κ1) is 13.8. The predicted molar refractivity (Wildman–Crippen MR) is 63.6 cm³/mol. The van der Waals surface area contributed by atoms with Crippen LogP contribution in [0.1, 0.15) is 25.0 Å². The quantitative estimate of drug-likeness (QED) is 0.750. The Hall–Kier alpha value is -1.26. The zero-order chi connectivity index (χ0) is 12.8. The number of aliphatic hydroxyl groups excluding tert-OH is 1. The predicted octanol–water partition coefficient (Wildman–Crippen LogP) is 2.55. The van der Waals surface area contributed by atoms with Crippen LogP contribution in [0, 0.1) is 11.6 Å². The smallest absolute Gasteiger partial charge is 0.131 e. The third-order valence-electron chi connectivity index (χ3n) is 2.51. The Morgan fingerprint density at radius 3 is 2.53 bits per heavy atom. The molecule has 2 N–H and O–H groups in total. The summed E-state index contributed by atoms with van der Waals surface area (Å²) in [7, 11) is 0. The van der Waals surface area contributed by atoms with Crippen LogP contribution in [0.5, 0.6) is 0 Å². The summed E-state index contributed by atoms with van der Waals surface area (Å²) in [5.41, 5.74) is -0.286. The van der Waals surface area contributed by atoms with Crippen LogP contribution in [-0.4, -0.2) is 17.7 Å². The Labute approximate surface area is 100.0 Å². The van der Waals surface area contributed by atoms with Gasteiger partial charge in [0.05, 0.1) is 11.7 Å². The minimum atomic E-state index is -1.19. The van der Waals surface area contributed by atoms with Crippen molar-refractivity contribution in [3.05, 3.63) is 48.1 Å². The van der Waals surface area contributed by atoms with E-state index in [1.54, 1.807) is 6.08 Å². The van der Waals surface area contributed by atoms with E-state index < -0.39 is 17.7 Å². The van der Waals surface area contributed by atoms with Gasteiger partial charge in [-0.3, -0.25) is 0 Å². The Bertz CT molecular complexity index is 361. The highest BCUT2D eigenvalue weighted by molar-refractivity contribution is 5.22. The van der Waals surface area contributed by atoms with E-state index in [4.69, 9.17) is 0 Å². The van der Waals surface area contributed by atoms with Gasteiger partial charge in [0.15, 0.2) is 0 Å². The summed E-state index contributed by atoms with van der Waals surface area (Å²) < 4.78 is 26.7. The van der Waals surface area contributed by atoms with E-state index in [0.717, 1.165) is 18.6 Å². The fourth-order valence-electron chi connectivity index (χ4n) is 1.58. The van der Waals surface area contributed by atoms with E-state index in [0.29, 0.717) is 0 Å². The second-order valence-electron chi connectivity index (χ2n) is 3.98. The number of hydrogen-bond acceptors (Lipinski definition) is 2. The first-order valence-corrected chi connectivity index (χ1v) is 5.52. The average Bonchev–Trinajstić information content (AvgIpc) is 2.26. The minimum absolute atomic E-state index is 0.104. The summed E-state index contributed by atoms with van der Waals surface area (Å²) in [6, 6.07) is 3.65. The van der Waals surface area contributed by atoms with Crippen molar-refractivity contribution >= 4 is 0 Å². The van der Waals surface area contributed by atoms with Crippen LogP contribution >= 0.6 is 0 Å². The third kappa shape index (κ3) is 3.91. The molecular weight excluding hydrogens is 224 g/mol. The lowest BCUT2D eigenvalue weighted by Crippen LogP contribution is -2.30. The molecule has 0 heterocycles. The van der Waals surface area contributed by atoms with Crippen LogP contribution < -0.4 is 5.32 Å². The zero-order valence-corrected chi connectivity index (χ0v) is 9.79. The molecule has 0 aliphatic heterocycles. The molecule has 17 heavy (non-hydrogen) atoms. The number of rotatable bonds is 6. The van der Waals surface area contributed by atoms with Gasteiger partial charge in [0.1, 0.15) is 11.6 Å². The van der Waals surface area contributed by atoms with Gasteiger partial charge in [-0.25, -0.2) is 8.78 Å². The summed E-state index contributed by atoms with van der Waals surface area (Å²) >= 11 is 0. The number of aliphatic hydroxyl groups is 1. The summed E-state index contributed by atoms with van der Waals surface area (Å²) in [5.74, 6) is -1.45. The molecule has 0 radical (unpaired) electrons. The maximum atomic E-state index is 13.3. The number of hydrogen-bond donors (Lipinski definition) is 2. The topological polar surface area (TPSA) is 32.3 Å². The van der Waals surface area contributed by atoms with Crippen LogP contribution in [-0.2, 0) is 0 Å². The van der Waals surface area contributed by atoms with Crippen LogP contribution in [0.2, 0.25) is 0 Å². The maximum Gasteiger partial charge on any atom is 0.131 e. The van der Waals surface area contributed by atoms with Gasteiger partial charge in [0, 0.05) is 12.6 Å². The SMILES string of the molecule is C=CCC(C)NCC(O)c1c(F)cccc1F. The molecule has 1 rings (SSSR count). The second kappa shape index (κ2) is 6.47. The second-order valence-corrected chi connectivity index (χ2v) is 3.98. The number of nitrogens with one attached hydrogen (secondary N) is 1. The highest BCUT2D eigenvalue weighted by atomic mass is 19.1. The van der Waals surface area contributed by atoms with Crippen molar-refractivity contribution in [3.8, 4) is 0 Å². The summed E-state index contributed by atoms with van der Waals surface area (Å²) in [4.78, 5) is 0. The molecule has 0 aliphatic carbocycles. The maximum absolute atomic E-state index is 13.3. The molecule has 0 saturated heterocycles. The van der Waals surface area contributed by atoms with Crippen molar-refractivity contribution < 1.29 is 13.9 Å². The van der Waals surface area contributed by atoms with Gasteiger partial charge in [-0.15, -0.1) is 6.58 Å². The first-order valence-electron chi connectivity index (χ1n) is 5.52. The fraction of sp³-hybridized carbons (Fsp3) is 0.385. The summed E-state index contributed by atoms with van der Waals surface area (Å²) in [5, 5.41) is 12.7. The van der Waals surface area contributed by atoms with E-state index in [2.05, 4.69) is 11.9 Å². The van der Waals surface area contributed by atoms with E-state index in [1.165, 1.54) is 6.07 Å². The molecule has 0 aromatic heterocycles. The average molecular weight is 241 g/mol. The standard InChI is InChI=1S/C13H17F2NO/c1-3-5-9(2)16-8-12(17)13-10(14)6-4-7-11(13)15/h3-4,6-7,9,12,16-17H,1,5,8H2,2H3. The van der Waals surface area contributed by atoms with Crippen LogP contribution in [0.4, 0.5) is 8.78 Å². The lowest BCUT2D eigenvalue weighted by Gasteiger charge is -2.17. The van der Waals surface area contributed by atoms with Crippen molar-refractivity contribution in [1.82, 2.24) is 5.32 Å². The molecule has 0 saturated carbocycles. The van der Waals surface area contributed by atoms with Crippen molar-refractivity contribution in [2.75, 3.05) is 6.54 Å². The zero-order valence-electron chi connectivity index (χ0n) is 9.79. The Kier molecular flexibility index (Phi) is 5.25. The molecule has 0 bridgehead atoms. The van der Waals surface area contributed by atoms with Crippen molar-refractivity contribution in [2.24, 2.45) is 0 Å². The molecule has 1 aromatic carbocycles. The van der Waals surface area contributed by atoms with Crippen LogP contribution in [0.15, 0.2) is 30.9 Å². The molecule has 4 heteroatoms. The van der Waals surface area contributed by atoms with E-state index >= 15 is 0 Å².